The quantitative estimate of drug-likeness (QED) is 0.782. The molecular weight excluding hydrogens is 263 g/mol. The third-order valence-electron chi connectivity index (χ3n) is 2.89. The van der Waals surface area contributed by atoms with Gasteiger partial charge >= 0.3 is 12.1 Å². The number of ether oxygens (including phenoxy) is 1. The smallest absolute Gasteiger partial charge is 0.419 e. The molecule has 0 N–H and O–H groups in total. The molecule has 0 bridgehead atoms. The molecule has 0 unspecified atom stereocenters. The highest BCUT2D eigenvalue weighted by molar-refractivity contribution is 5.70. The van der Waals surface area contributed by atoms with Crippen LogP contribution in [0.2, 0.25) is 0 Å². The lowest BCUT2D eigenvalue weighted by Crippen LogP contribution is -2.48. The minimum absolute atomic E-state index is 0.137. The highest BCUT2D eigenvalue weighted by Gasteiger charge is 2.33. The minimum atomic E-state index is -4.43. The van der Waals surface area contributed by atoms with Gasteiger partial charge in [0, 0.05) is 31.4 Å². The second kappa shape index (κ2) is 5.02. The van der Waals surface area contributed by atoms with Crippen molar-refractivity contribution >= 4 is 11.9 Å². The number of rotatable bonds is 3. The number of alkyl halides is 3. The Morgan fingerprint density at radius 2 is 2.00 bits per heavy atom. The minimum Gasteiger partial charge on any atom is -0.469 e. The topological polar surface area (TPSA) is 55.3 Å². The fourth-order valence-electron chi connectivity index (χ4n) is 1.81. The summed E-state index contributed by atoms with van der Waals surface area (Å²) in [5.41, 5.74) is -0.872. The maximum Gasteiger partial charge on any atom is 0.419 e. The Morgan fingerprint density at radius 3 is 2.47 bits per heavy atom. The van der Waals surface area contributed by atoms with Gasteiger partial charge in [-0.05, 0) is 0 Å². The molecule has 1 aromatic rings. The Labute approximate surface area is 107 Å². The van der Waals surface area contributed by atoms with Crippen molar-refractivity contribution in [3.63, 3.8) is 0 Å². The summed E-state index contributed by atoms with van der Waals surface area (Å²) < 4.78 is 41.5. The van der Waals surface area contributed by atoms with E-state index in [1.807, 2.05) is 0 Å². The Balaban J connectivity index is 1.90. The van der Waals surface area contributed by atoms with Crippen molar-refractivity contribution in [2.75, 3.05) is 25.1 Å². The zero-order chi connectivity index (χ0) is 14.0. The van der Waals surface area contributed by atoms with Crippen LogP contribution in [0.25, 0.3) is 0 Å². The van der Waals surface area contributed by atoms with Gasteiger partial charge in [-0.2, -0.15) is 13.2 Å². The SMILES string of the molecule is COC(=O)CC1CN(c2ncc(C(F)(F)F)cn2)C1. The van der Waals surface area contributed by atoms with Gasteiger partial charge in [0.15, 0.2) is 0 Å². The van der Waals surface area contributed by atoms with Crippen LogP contribution in [0.5, 0.6) is 0 Å². The fourth-order valence-corrected chi connectivity index (χ4v) is 1.81. The number of hydrogen-bond donors (Lipinski definition) is 0. The molecule has 1 aromatic heterocycles. The molecule has 1 saturated heterocycles. The van der Waals surface area contributed by atoms with Crippen molar-refractivity contribution in [1.29, 1.82) is 0 Å². The highest BCUT2D eigenvalue weighted by Crippen LogP contribution is 2.29. The van der Waals surface area contributed by atoms with Crippen LogP contribution < -0.4 is 4.90 Å². The summed E-state index contributed by atoms with van der Waals surface area (Å²) in [6, 6.07) is 0. The first-order valence-electron chi connectivity index (χ1n) is 5.61. The van der Waals surface area contributed by atoms with E-state index in [4.69, 9.17) is 0 Å². The Hall–Kier alpha value is -1.86. The van der Waals surface area contributed by atoms with Gasteiger partial charge in [0.05, 0.1) is 19.1 Å². The van der Waals surface area contributed by atoms with Gasteiger partial charge in [-0.15, -0.1) is 0 Å². The molecule has 0 amide bonds. The van der Waals surface area contributed by atoms with E-state index in [9.17, 15) is 18.0 Å². The van der Waals surface area contributed by atoms with E-state index in [1.54, 1.807) is 4.90 Å². The van der Waals surface area contributed by atoms with Crippen LogP contribution >= 0.6 is 0 Å². The van der Waals surface area contributed by atoms with Gasteiger partial charge in [-0.25, -0.2) is 9.97 Å². The maximum absolute atomic E-state index is 12.3. The number of methoxy groups -OCH3 is 1. The zero-order valence-corrected chi connectivity index (χ0v) is 10.1. The van der Waals surface area contributed by atoms with E-state index in [0.717, 1.165) is 12.4 Å². The van der Waals surface area contributed by atoms with Crippen LogP contribution in [0, 0.1) is 5.92 Å². The Morgan fingerprint density at radius 1 is 1.42 bits per heavy atom. The third-order valence-corrected chi connectivity index (χ3v) is 2.89. The molecule has 1 aliphatic heterocycles. The molecule has 2 rings (SSSR count). The second-order valence-corrected chi connectivity index (χ2v) is 4.32. The molecule has 2 heterocycles. The predicted octanol–water partition coefficient (Wildman–Crippen LogP) is 1.49. The van der Waals surface area contributed by atoms with Gasteiger partial charge in [0.25, 0.3) is 0 Å². The van der Waals surface area contributed by atoms with Crippen molar-refractivity contribution in [3.05, 3.63) is 18.0 Å². The summed E-state index contributed by atoms with van der Waals surface area (Å²) in [6.45, 7) is 1.08. The first-order chi connectivity index (χ1) is 8.90. The molecule has 0 aliphatic carbocycles. The number of carbonyl (C=O) groups is 1. The molecule has 0 radical (unpaired) electrons. The number of anilines is 1. The molecule has 19 heavy (non-hydrogen) atoms. The van der Waals surface area contributed by atoms with E-state index in [-0.39, 0.29) is 17.8 Å². The summed E-state index contributed by atoms with van der Waals surface area (Å²) in [5.74, 6) is 0.0884. The van der Waals surface area contributed by atoms with E-state index in [0.29, 0.717) is 19.5 Å². The molecule has 0 saturated carbocycles. The molecular formula is C11H12F3N3O2. The highest BCUT2D eigenvalue weighted by atomic mass is 19.4. The van der Waals surface area contributed by atoms with E-state index < -0.39 is 11.7 Å². The standard InChI is InChI=1S/C11H12F3N3O2/c1-19-9(18)2-7-5-17(6-7)10-15-3-8(4-16-10)11(12,13)14/h3-4,7H,2,5-6H2,1H3. The van der Waals surface area contributed by atoms with Crippen molar-refractivity contribution < 1.29 is 22.7 Å². The van der Waals surface area contributed by atoms with E-state index in [1.165, 1.54) is 7.11 Å². The lowest BCUT2D eigenvalue weighted by molar-refractivity contribution is -0.142. The monoisotopic (exact) mass is 275 g/mol. The number of halogens is 3. The lowest BCUT2D eigenvalue weighted by atomic mass is 9.97. The molecule has 0 aromatic carbocycles. The largest absolute Gasteiger partial charge is 0.469 e. The maximum atomic E-state index is 12.3. The summed E-state index contributed by atoms with van der Waals surface area (Å²) in [4.78, 5) is 20.1. The van der Waals surface area contributed by atoms with Crippen LogP contribution in [0.3, 0.4) is 0 Å². The lowest BCUT2D eigenvalue weighted by Gasteiger charge is -2.38. The first-order valence-corrected chi connectivity index (χ1v) is 5.61. The van der Waals surface area contributed by atoms with Crippen LogP contribution in [-0.4, -0.2) is 36.1 Å². The zero-order valence-electron chi connectivity index (χ0n) is 10.1. The number of carbonyl (C=O) groups excluding carboxylic acids is 1. The van der Waals surface area contributed by atoms with Gasteiger partial charge in [-0.1, -0.05) is 0 Å². The number of esters is 1. The molecule has 5 nitrogen and oxygen atoms in total. The number of hydrogen-bond acceptors (Lipinski definition) is 5. The second-order valence-electron chi connectivity index (χ2n) is 4.32. The van der Waals surface area contributed by atoms with Gasteiger partial charge in [-0.3, -0.25) is 4.79 Å². The summed E-state index contributed by atoms with van der Waals surface area (Å²) >= 11 is 0. The van der Waals surface area contributed by atoms with E-state index >= 15 is 0 Å². The molecule has 0 atom stereocenters. The normalized spacial score (nSPS) is 16.1. The van der Waals surface area contributed by atoms with E-state index in [2.05, 4.69) is 14.7 Å². The summed E-state index contributed by atoms with van der Waals surface area (Å²) in [5, 5.41) is 0. The fraction of sp³-hybridized carbons (Fsp3) is 0.545. The average Bonchev–Trinajstić information content (AvgIpc) is 2.32. The van der Waals surface area contributed by atoms with Gasteiger partial charge in [0.2, 0.25) is 5.95 Å². The van der Waals surface area contributed by atoms with Gasteiger partial charge in [0.1, 0.15) is 0 Å². The summed E-state index contributed by atoms with van der Waals surface area (Å²) in [6.07, 6.45) is -2.61. The van der Waals surface area contributed by atoms with Crippen molar-refractivity contribution in [2.24, 2.45) is 5.92 Å². The molecule has 0 spiro atoms. The van der Waals surface area contributed by atoms with Crippen LogP contribution in [0.15, 0.2) is 12.4 Å². The first kappa shape index (κ1) is 13.6. The predicted molar refractivity (Wildman–Crippen MR) is 59.4 cm³/mol. The van der Waals surface area contributed by atoms with Crippen LogP contribution in [0.1, 0.15) is 12.0 Å². The molecule has 104 valence electrons. The van der Waals surface area contributed by atoms with Crippen molar-refractivity contribution in [3.8, 4) is 0 Å². The van der Waals surface area contributed by atoms with Crippen molar-refractivity contribution in [1.82, 2.24) is 9.97 Å². The number of aromatic nitrogens is 2. The Kier molecular flexibility index (Phi) is 3.59. The average molecular weight is 275 g/mol. The van der Waals surface area contributed by atoms with Crippen LogP contribution in [0.4, 0.5) is 19.1 Å². The third kappa shape index (κ3) is 3.12. The van der Waals surface area contributed by atoms with Crippen molar-refractivity contribution in [2.45, 2.75) is 12.6 Å². The summed E-state index contributed by atoms with van der Waals surface area (Å²) in [7, 11) is 1.32. The molecule has 1 aliphatic rings. The van der Waals surface area contributed by atoms with Gasteiger partial charge < -0.3 is 9.64 Å². The Bertz CT molecular complexity index is 455. The van der Waals surface area contributed by atoms with Crippen LogP contribution in [-0.2, 0) is 15.7 Å². The number of nitrogens with zero attached hydrogens (tertiary/aromatic N) is 3. The molecule has 1 fully saturated rings. The molecule has 8 heteroatoms.